The first-order valence-electron chi connectivity index (χ1n) is 12.9. The lowest BCUT2D eigenvalue weighted by Crippen LogP contribution is -2.27. The lowest BCUT2D eigenvalue weighted by atomic mass is 10.0. The molecule has 0 unspecified atom stereocenters. The SMILES string of the molecule is CCCCc1nc(=O)c(S(=O)(=O)c2ccc(-c3cccnc3C)cc2)c(O)n1[C@@H](CC)c1cc(F)cc(C#N)c1. The fourth-order valence-electron chi connectivity index (χ4n) is 4.78. The maximum atomic E-state index is 14.4. The summed E-state index contributed by atoms with van der Waals surface area (Å²) >= 11 is 0. The van der Waals surface area contributed by atoms with Gasteiger partial charge in [-0.2, -0.15) is 10.2 Å². The molecule has 0 spiro atoms. The number of hydrogen-bond acceptors (Lipinski definition) is 7. The van der Waals surface area contributed by atoms with Gasteiger partial charge in [-0.25, -0.2) is 12.8 Å². The maximum absolute atomic E-state index is 14.4. The number of halogens is 1. The number of hydrogen-bond donors (Lipinski definition) is 1. The van der Waals surface area contributed by atoms with Crippen LogP contribution in [0.15, 0.2) is 75.4 Å². The first-order chi connectivity index (χ1) is 19.1. The summed E-state index contributed by atoms with van der Waals surface area (Å²) in [6.45, 7) is 5.56. The third-order valence-corrected chi connectivity index (χ3v) is 8.56. The Balaban J connectivity index is 1.90. The molecule has 0 amide bonds. The molecule has 0 bridgehead atoms. The monoisotopic (exact) mass is 560 g/mol. The summed E-state index contributed by atoms with van der Waals surface area (Å²) in [4.78, 5) is 20.5. The van der Waals surface area contributed by atoms with E-state index in [2.05, 4.69) is 9.97 Å². The Morgan fingerprint density at radius 1 is 1.12 bits per heavy atom. The average molecular weight is 561 g/mol. The van der Waals surface area contributed by atoms with Crippen LogP contribution in [0.5, 0.6) is 5.88 Å². The van der Waals surface area contributed by atoms with E-state index in [0.717, 1.165) is 29.3 Å². The molecule has 0 saturated carbocycles. The Morgan fingerprint density at radius 2 is 1.85 bits per heavy atom. The van der Waals surface area contributed by atoms with Crippen molar-refractivity contribution in [3.8, 4) is 23.1 Å². The van der Waals surface area contributed by atoms with Crippen LogP contribution in [-0.4, -0.2) is 28.1 Å². The summed E-state index contributed by atoms with van der Waals surface area (Å²) in [5.74, 6) is -1.24. The molecule has 0 aliphatic rings. The number of benzene rings is 2. The third-order valence-electron chi connectivity index (χ3n) is 6.77. The average Bonchev–Trinajstić information content (AvgIpc) is 2.93. The van der Waals surface area contributed by atoms with Gasteiger partial charge >= 0.3 is 0 Å². The van der Waals surface area contributed by atoms with Crippen LogP contribution in [0.1, 0.15) is 61.8 Å². The van der Waals surface area contributed by atoms with E-state index >= 15 is 0 Å². The predicted molar refractivity (Wildman–Crippen MR) is 148 cm³/mol. The number of sulfone groups is 1. The number of aromatic nitrogens is 3. The van der Waals surface area contributed by atoms with Gasteiger partial charge in [0.2, 0.25) is 15.7 Å². The van der Waals surface area contributed by atoms with Crippen molar-refractivity contribution >= 4 is 9.84 Å². The van der Waals surface area contributed by atoms with E-state index in [1.807, 2.05) is 26.0 Å². The zero-order chi connectivity index (χ0) is 29.0. The van der Waals surface area contributed by atoms with Gasteiger partial charge in [-0.1, -0.05) is 38.5 Å². The fraction of sp³-hybridized carbons (Fsp3) is 0.267. The van der Waals surface area contributed by atoms with Gasteiger partial charge in [0, 0.05) is 23.9 Å². The van der Waals surface area contributed by atoms with Gasteiger partial charge in [0.1, 0.15) is 11.6 Å². The van der Waals surface area contributed by atoms with Crippen molar-refractivity contribution in [3.63, 3.8) is 0 Å². The van der Waals surface area contributed by atoms with E-state index in [4.69, 9.17) is 0 Å². The number of nitrogens with zero attached hydrogens (tertiary/aromatic N) is 4. The lowest BCUT2D eigenvalue weighted by molar-refractivity contribution is 0.358. The van der Waals surface area contributed by atoms with Crippen LogP contribution < -0.4 is 5.56 Å². The normalized spacial score (nSPS) is 12.2. The summed E-state index contributed by atoms with van der Waals surface area (Å²) in [7, 11) is -4.50. The molecule has 0 aliphatic heterocycles. The van der Waals surface area contributed by atoms with Gasteiger partial charge in [-0.15, -0.1) is 0 Å². The minimum atomic E-state index is -4.50. The predicted octanol–water partition coefficient (Wildman–Crippen LogP) is 5.50. The van der Waals surface area contributed by atoms with Crippen molar-refractivity contribution in [3.05, 3.63) is 99.6 Å². The van der Waals surface area contributed by atoms with E-state index in [0.29, 0.717) is 18.4 Å². The zero-order valence-electron chi connectivity index (χ0n) is 22.4. The van der Waals surface area contributed by atoms with Gasteiger partial charge in [0.15, 0.2) is 4.90 Å². The highest BCUT2D eigenvalue weighted by molar-refractivity contribution is 7.91. The van der Waals surface area contributed by atoms with Gasteiger partial charge in [0.05, 0.1) is 22.6 Å². The minimum Gasteiger partial charge on any atom is -0.493 e. The van der Waals surface area contributed by atoms with Crippen molar-refractivity contribution in [1.82, 2.24) is 14.5 Å². The number of aryl methyl sites for hydroxylation is 2. The molecule has 4 aromatic rings. The Morgan fingerprint density at radius 3 is 2.48 bits per heavy atom. The first-order valence-corrected chi connectivity index (χ1v) is 14.4. The van der Waals surface area contributed by atoms with E-state index in [1.165, 1.54) is 28.8 Å². The molecule has 1 atom stereocenters. The van der Waals surface area contributed by atoms with E-state index in [-0.39, 0.29) is 22.7 Å². The van der Waals surface area contributed by atoms with Crippen LogP contribution in [0.3, 0.4) is 0 Å². The molecule has 4 rings (SSSR count). The number of rotatable bonds is 9. The molecule has 0 aliphatic carbocycles. The van der Waals surface area contributed by atoms with Crippen molar-refractivity contribution in [1.29, 1.82) is 5.26 Å². The highest BCUT2D eigenvalue weighted by Crippen LogP contribution is 2.34. The quantitative estimate of drug-likeness (QED) is 0.286. The van der Waals surface area contributed by atoms with Crippen molar-refractivity contribution in [2.45, 2.75) is 62.3 Å². The van der Waals surface area contributed by atoms with Crippen LogP contribution >= 0.6 is 0 Å². The topological polar surface area (TPSA) is 126 Å². The summed E-state index contributed by atoms with van der Waals surface area (Å²) in [5.41, 5.74) is 1.69. The van der Waals surface area contributed by atoms with Crippen LogP contribution in [0, 0.1) is 24.1 Å². The van der Waals surface area contributed by atoms with Crippen LogP contribution in [0.25, 0.3) is 11.1 Å². The number of aromatic hydroxyl groups is 1. The van der Waals surface area contributed by atoms with Crippen molar-refractivity contribution < 1.29 is 17.9 Å². The minimum absolute atomic E-state index is 0.0776. The molecule has 40 heavy (non-hydrogen) atoms. The van der Waals surface area contributed by atoms with Gasteiger partial charge in [-0.3, -0.25) is 14.3 Å². The molecule has 2 aromatic carbocycles. The summed E-state index contributed by atoms with van der Waals surface area (Å²) in [5, 5.41) is 20.8. The molecule has 1 N–H and O–H groups in total. The number of pyridine rings is 1. The Bertz CT molecular complexity index is 1760. The largest absolute Gasteiger partial charge is 0.493 e. The second-order valence-corrected chi connectivity index (χ2v) is 11.3. The molecule has 0 fully saturated rings. The molecule has 10 heteroatoms. The molecule has 2 heterocycles. The number of unbranched alkanes of at least 4 members (excludes halogenated alkanes) is 1. The highest BCUT2D eigenvalue weighted by Gasteiger charge is 2.32. The molecule has 206 valence electrons. The van der Waals surface area contributed by atoms with E-state index < -0.39 is 38.0 Å². The lowest BCUT2D eigenvalue weighted by Gasteiger charge is -2.25. The molecule has 8 nitrogen and oxygen atoms in total. The van der Waals surface area contributed by atoms with Gasteiger partial charge in [-0.05, 0) is 67.3 Å². The summed E-state index contributed by atoms with van der Waals surface area (Å²) in [6, 6.07) is 14.5. The molecular formula is C30H29FN4O4S. The maximum Gasteiger partial charge on any atom is 0.296 e. The fourth-order valence-corrected chi connectivity index (χ4v) is 6.12. The van der Waals surface area contributed by atoms with Crippen molar-refractivity contribution in [2.24, 2.45) is 0 Å². The molecule has 0 radical (unpaired) electrons. The molecular weight excluding hydrogens is 531 g/mol. The van der Waals surface area contributed by atoms with E-state index in [9.17, 15) is 28.0 Å². The third kappa shape index (κ3) is 5.51. The van der Waals surface area contributed by atoms with Crippen LogP contribution in [0.4, 0.5) is 4.39 Å². The molecule has 2 aromatic heterocycles. The van der Waals surface area contributed by atoms with Crippen LogP contribution in [-0.2, 0) is 16.3 Å². The second-order valence-electron chi connectivity index (χ2n) is 9.43. The van der Waals surface area contributed by atoms with E-state index in [1.54, 1.807) is 31.3 Å². The molecule has 0 saturated heterocycles. The highest BCUT2D eigenvalue weighted by atomic mass is 32.2. The second kappa shape index (κ2) is 11.8. The smallest absolute Gasteiger partial charge is 0.296 e. The number of nitriles is 1. The first kappa shape index (κ1) is 28.6. The Kier molecular flexibility index (Phi) is 8.45. The van der Waals surface area contributed by atoms with Gasteiger partial charge < -0.3 is 5.11 Å². The Hall–Kier alpha value is -4.36. The standard InChI is InChI=1S/C30H29FN4O4S/c1-4-6-9-27-34-29(36)28(30(37)35(27)26(5-2)22-15-20(18-32)16-23(31)17-22)40(38,39)24-12-10-21(11-13-24)25-8-7-14-33-19(25)3/h7-8,10-17,26,37H,4-6,9H2,1-3H3/t26-/m0/s1. The zero-order valence-corrected chi connectivity index (χ0v) is 23.2. The summed E-state index contributed by atoms with van der Waals surface area (Å²) in [6.07, 6.45) is 3.63. The van der Waals surface area contributed by atoms with Gasteiger partial charge in [0.25, 0.3) is 5.56 Å². The van der Waals surface area contributed by atoms with Crippen LogP contribution in [0.2, 0.25) is 0 Å². The van der Waals surface area contributed by atoms with Crippen molar-refractivity contribution in [2.75, 3.05) is 0 Å². The Labute approximate surface area is 232 Å². The summed E-state index contributed by atoms with van der Waals surface area (Å²) < 4.78 is 43.1.